The molecule has 2 saturated heterocycles. The van der Waals surface area contributed by atoms with Gasteiger partial charge in [0.05, 0.1) is 18.1 Å². The van der Waals surface area contributed by atoms with E-state index in [9.17, 15) is 40.5 Å². The average molecular weight is 735 g/mol. The number of rotatable bonds is 4. The first-order valence-corrected chi connectivity index (χ1v) is 19.6. The summed E-state index contributed by atoms with van der Waals surface area (Å²) in [5, 5.41) is 72.0. The zero-order valence-electron chi connectivity index (χ0n) is 31.8. The van der Waals surface area contributed by atoms with E-state index in [2.05, 4.69) is 54.5 Å². The van der Waals surface area contributed by atoms with Crippen molar-refractivity contribution in [2.75, 3.05) is 6.61 Å². The maximum absolute atomic E-state index is 14.4. The van der Waals surface area contributed by atoms with Gasteiger partial charge in [0, 0.05) is 0 Å². The van der Waals surface area contributed by atoms with Crippen LogP contribution in [0.4, 0.5) is 0 Å². The summed E-state index contributed by atoms with van der Waals surface area (Å²) in [6.07, 6.45) is -3.91. The molecule has 0 spiro atoms. The predicted molar refractivity (Wildman–Crippen MR) is 187 cm³/mol. The fraction of sp³-hybridized carbons (Fsp3) is 0.875. The van der Waals surface area contributed by atoms with Gasteiger partial charge in [-0.2, -0.15) is 0 Å². The Morgan fingerprint density at radius 3 is 2.19 bits per heavy atom. The number of carbonyl (C=O) groups excluding carboxylic acids is 1. The molecule has 12 nitrogen and oxygen atoms in total. The first-order chi connectivity index (χ1) is 24.2. The molecular weight excluding hydrogens is 672 g/mol. The third-order valence-electron chi connectivity index (χ3n) is 16.2. The Balaban J connectivity index is 1.18. The Hall–Kier alpha value is -1.45. The highest BCUT2D eigenvalue weighted by Crippen LogP contribution is 2.75. The van der Waals surface area contributed by atoms with Crippen molar-refractivity contribution in [1.82, 2.24) is 0 Å². The van der Waals surface area contributed by atoms with Gasteiger partial charge in [-0.25, -0.2) is 0 Å². The SMILES string of the molecule is CC1=C2C3=CC[C@@H]4[C@@]5(C)CC[C@H](O[C@@H]6OC[C@H](O)[C@@H](O)[C@H]6O)C(C)(C)[C@@H]5CC[C@@]4(C)[C@]3(C)CC[C@@]2(C(=O)O[C@@H]2O[C@H](O)[C@@H](O)[C@H](O)[C@H]2O)CC[C@H]1C. The molecule has 294 valence electrons. The number of aliphatic hydroxyl groups is 7. The molecule has 7 aliphatic rings. The molecule has 0 amide bonds. The smallest absolute Gasteiger partial charge is 0.318 e. The molecule has 0 aromatic rings. The van der Waals surface area contributed by atoms with E-state index in [1.165, 1.54) is 11.1 Å². The normalized spacial score (nSPS) is 53.1. The Morgan fingerprint density at radius 1 is 0.788 bits per heavy atom. The lowest BCUT2D eigenvalue weighted by molar-refractivity contribution is -0.333. The van der Waals surface area contributed by atoms with Crippen LogP contribution in [0.2, 0.25) is 0 Å². The van der Waals surface area contributed by atoms with Gasteiger partial charge in [-0.1, -0.05) is 53.2 Å². The van der Waals surface area contributed by atoms with Gasteiger partial charge in [-0.05, 0) is 115 Å². The predicted octanol–water partition coefficient (Wildman–Crippen LogP) is 2.83. The zero-order valence-corrected chi connectivity index (χ0v) is 31.8. The van der Waals surface area contributed by atoms with Crippen molar-refractivity contribution in [2.24, 2.45) is 44.8 Å². The minimum atomic E-state index is -1.80. The molecule has 5 aliphatic carbocycles. The van der Waals surface area contributed by atoms with Crippen molar-refractivity contribution in [1.29, 1.82) is 0 Å². The summed E-state index contributed by atoms with van der Waals surface area (Å²) in [5.41, 5.74) is 1.90. The molecule has 0 aromatic heterocycles. The van der Waals surface area contributed by atoms with E-state index in [-0.39, 0.29) is 40.3 Å². The maximum Gasteiger partial charge on any atom is 0.318 e. The van der Waals surface area contributed by atoms with Crippen LogP contribution in [0.3, 0.4) is 0 Å². The Morgan fingerprint density at radius 2 is 1.48 bits per heavy atom. The van der Waals surface area contributed by atoms with Crippen LogP contribution in [-0.2, 0) is 23.7 Å². The summed E-state index contributed by atoms with van der Waals surface area (Å²) in [4.78, 5) is 14.4. The fourth-order valence-electron chi connectivity index (χ4n) is 12.7. The fourth-order valence-corrected chi connectivity index (χ4v) is 12.7. The number of hydrogen-bond acceptors (Lipinski definition) is 12. The monoisotopic (exact) mass is 734 g/mol. The highest BCUT2D eigenvalue weighted by molar-refractivity contribution is 5.84. The molecule has 2 heterocycles. The summed E-state index contributed by atoms with van der Waals surface area (Å²) >= 11 is 0. The third-order valence-corrected chi connectivity index (χ3v) is 16.2. The summed E-state index contributed by atoms with van der Waals surface area (Å²) in [7, 11) is 0. The minimum absolute atomic E-state index is 0.0133. The second-order valence-electron chi connectivity index (χ2n) is 18.8. The quantitative estimate of drug-likeness (QED) is 0.165. The number of fused-ring (bicyclic) bond motifs is 7. The van der Waals surface area contributed by atoms with Crippen LogP contribution in [0.15, 0.2) is 22.8 Å². The lowest BCUT2D eigenvalue weighted by Gasteiger charge is -2.70. The third kappa shape index (κ3) is 5.40. The molecular formula is C40H62O12. The van der Waals surface area contributed by atoms with Gasteiger partial charge < -0.3 is 54.7 Å². The molecule has 0 radical (unpaired) electrons. The van der Waals surface area contributed by atoms with Crippen LogP contribution in [0.5, 0.6) is 0 Å². The standard InChI is InChI=1S/C40H62O12/c1-19-10-15-40(35(48)52-34-31(46)28(43)29(44)32(47)51-34)17-16-38(6)21(26(40)20(19)2)8-9-24-37(5)13-12-25(36(3,4)23(37)11-14-39(24,38)7)50-33-30(45)27(42)22(41)18-49-33/h8,19,22-25,27-34,41-47H,9-18H2,1-7H3/t19-,22+,23+,24-,25+,27-,28+,29+,30-,31-,32+,33+,34+,37+,38-,39-,40+/m1/s1. The van der Waals surface area contributed by atoms with Gasteiger partial charge in [-0.15, -0.1) is 0 Å². The largest absolute Gasteiger partial charge is 0.432 e. The summed E-state index contributed by atoms with van der Waals surface area (Å²) in [5.74, 6) is 0.419. The Labute approximate surface area is 307 Å². The van der Waals surface area contributed by atoms with E-state index >= 15 is 0 Å². The number of ether oxygens (including phenoxy) is 4. The molecule has 0 unspecified atom stereocenters. The second kappa shape index (κ2) is 13.1. The molecule has 3 saturated carbocycles. The molecule has 7 N–H and O–H groups in total. The van der Waals surface area contributed by atoms with E-state index in [0.29, 0.717) is 24.7 Å². The molecule has 17 atom stereocenters. The molecule has 12 heteroatoms. The maximum atomic E-state index is 14.4. The van der Waals surface area contributed by atoms with Crippen LogP contribution in [0.1, 0.15) is 106 Å². The molecule has 52 heavy (non-hydrogen) atoms. The van der Waals surface area contributed by atoms with Crippen LogP contribution in [0.25, 0.3) is 0 Å². The lowest BCUT2D eigenvalue weighted by Crippen LogP contribution is -2.65. The molecule has 7 rings (SSSR count). The van der Waals surface area contributed by atoms with E-state index in [1.807, 2.05) is 0 Å². The van der Waals surface area contributed by atoms with Crippen LogP contribution in [0, 0.1) is 44.8 Å². The van der Waals surface area contributed by atoms with Crippen molar-refractivity contribution in [3.05, 3.63) is 22.8 Å². The first kappa shape index (κ1) is 38.8. The number of allylic oxidation sites excluding steroid dienone is 3. The van der Waals surface area contributed by atoms with Crippen LogP contribution >= 0.6 is 0 Å². The Bertz CT molecular complexity index is 1480. The van der Waals surface area contributed by atoms with Crippen molar-refractivity contribution in [2.45, 2.75) is 168 Å². The Kier molecular flexibility index (Phi) is 9.75. The van der Waals surface area contributed by atoms with E-state index in [0.717, 1.165) is 50.5 Å². The van der Waals surface area contributed by atoms with Gasteiger partial charge in [0.1, 0.15) is 36.6 Å². The number of hydrogen-bond donors (Lipinski definition) is 7. The van der Waals surface area contributed by atoms with Gasteiger partial charge in [-0.3, -0.25) is 4.79 Å². The molecule has 2 aliphatic heterocycles. The number of aliphatic hydroxyl groups excluding tert-OH is 7. The lowest BCUT2D eigenvalue weighted by atomic mass is 9.34. The van der Waals surface area contributed by atoms with E-state index < -0.39 is 66.9 Å². The van der Waals surface area contributed by atoms with E-state index in [1.54, 1.807) is 0 Å². The van der Waals surface area contributed by atoms with Crippen molar-refractivity contribution in [3.8, 4) is 0 Å². The highest BCUT2D eigenvalue weighted by Gasteiger charge is 2.69. The molecule has 0 bridgehead atoms. The summed E-state index contributed by atoms with van der Waals surface area (Å²) < 4.78 is 23.3. The topological polar surface area (TPSA) is 196 Å². The summed E-state index contributed by atoms with van der Waals surface area (Å²) in [6.45, 7) is 16.1. The van der Waals surface area contributed by atoms with Crippen LogP contribution in [-0.4, -0.2) is 110 Å². The van der Waals surface area contributed by atoms with Crippen LogP contribution < -0.4 is 0 Å². The molecule has 0 aromatic carbocycles. The van der Waals surface area contributed by atoms with Crippen molar-refractivity contribution >= 4 is 5.97 Å². The van der Waals surface area contributed by atoms with Crippen molar-refractivity contribution in [3.63, 3.8) is 0 Å². The second-order valence-corrected chi connectivity index (χ2v) is 18.8. The number of esters is 1. The average Bonchev–Trinajstić information content (AvgIpc) is 3.09. The van der Waals surface area contributed by atoms with E-state index in [4.69, 9.17) is 18.9 Å². The van der Waals surface area contributed by atoms with Crippen molar-refractivity contribution < 1.29 is 59.5 Å². The minimum Gasteiger partial charge on any atom is -0.432 e. The molecule has 5 fully saturated rings. The van der Waals surface area contributed by atoms with Gasteiger partial charge in [0.2, 0.25) is 6.29 Å². The van der Waals surface area contributed by atoms with Gasteiger partial charge in [0.25, 0.3) is 0 Å². The summed E-state index contributed by atoms with van der Waals surface area (Å²) in [6, 6.07) is 0. The zero-order chi connectivity index (χ0) is 37.9. The number of carbonyl (C=O) groups is 1. The van der Waals surface area contributed by atoms with Gasteiger partial charge in [0.15, 0.2) is 12.6 Å². The first-order valence-electron chi connectivity index (χ1n) is 19.6. The highest BCUT2D eigenvalue weighted by atomic mass is 16.8. The van der Waals surface area contributed by atoms with Gasteiger partial charge >= 0.3 is 5.97 Å².